The molecule has 0 saturated heterocycles. The summed E-state index contributed by atoms with van der Waals surface area (Å²) in [5, 5.41) is 15.2. The van der Waals surface area contributed by atoms with Crippen LogP contribution in [-0.4, -0.2) is 17.8 Å². The van der Waals surface area contributed by atoms with E-state index in [1.807, 2.05) is 11.4 Å². The van der Waals surface area contributed by atoms with Crippen LogP contribution in [0.3, 0.4) is 0 Å². The van der Waals surface area contributed by atoms with Gasteiger partial charge in [0, 0.05) is 16.8 Å². The van der Waals surface area contributed by atoms with Crippen molar-refractivity contribution in [2.45, 2.75) is 25.5 Å². The van der Waals surface area contributed by atoms with E-state index in [-0.39, 0.29) is 6.10 Å². The Morgan fingerprint density at radius 3 is 2.93 bits per heavy atom. The van der Waals surface area contributed by atoms with Crippen molar-refractivity contribution in [3.8, 4) is 0 Å². The summed E-state index contributed by atoms with van der Waals surface area (Å²) in [6.45, 7) is 1.90. The van der Waals surface area contributed by atoms with E-state index in [4.69, 9.17) is 16.7 Å². The van der Waals surface area contributed by atoms with Gasteiger partial charge in [-0.2, -0.15) is 0 Å². The number of thiophene rings is 1. The molecule has 0 spiro atoms. The lowest BCUT2D eigenvalue weighted by atomic mass is 9.82. The molecule has 0 radical (unpaired) electrons. The molecular weight excluding hydrogens is 218 g/mol. The monoisotopic (exact) mass is 231 g/mol. The van der Waals surface area contributed by atoms with Crippen LogP contribution in [0.4, 0.5) is 0 Å². The Morgan fingerprint density at radius 1 is 1.57 bits per heavy atom. The van der Waals surface area contributed by atoms with E-state index < -0.39 is 0 Å². The van der Waals surface area contributed by atoms with E-state index in [9.17, 15) is 0 Å². The summed E-state index contributed by atoms with van der Waals surface area (Å²) in [7, 11) is 0. The van der Waals surface area contributed by atoms with Crippen molar-refractivity contribution in [1.29, 1.82) is 0 Å². The third-order valence-electron chi connectivity index (χ3n) is 2.56. The van der Waals surface area contributed by atoms with Crippen LogP contribution in [0.1, 0.15) is 17.7 Å². The lowest BCUT2D eigenvalue weighted by molar-refractivity contribution is 0.0430. The van der Waals surface area contributed by atoms with Crippen LogP contribution in [0.15, 0.2) is 11.4 Å². The molecule has 2 N–H and O–H groups in total. The molecule has 1 aliphatic carbocycles. The minimum atomic E-state index is -0.0435. The number of hydrogen-bond donors (Lipinski definition) is 2. The molecule has 0 amide bonds. The molecule has 2 nitrogen and oxygen atoms in total. The van der Waals surface area contributed by atoms with Crippen molar-refractivity contribution in [2.24, 2.45) is 5.92 Å². The van der Waals surface area contributed by atoms with Gasteiger partial charge < -0.3 is 10.4 Å². The first kappa shape index (κ1) is 10.4. The molecule has 0 aromatic carbocycles. The minimum absolute atomic E-state index is 0.0435. The molecule has 2 rings (SSSR count). The molecule has 1 aliphatic rings. The van der Waals surface area contributed by atoms with Crippen LogP contribution in [0.5, 0.6) is 0 Å². The molecule has 0 bridgehead atoms. The molecule has 1 aromatic heterocycles. The van der Waals surface area contributed by atoms with Gasteiger partial charge in [0.25, 0.3) is 0 Å². The third kappa shape index (κ3) is 2.70. The lowest BCUT2D eigenvalue weighted by Crippen LogP contribution is -2.35. The van der Waals surface area contributed by atoms with Gasteiger partial charge >= 0.3 is 0 Å². The molecule has 4 heteroatoms. The Kier molecular flexibility index (Phi) is 3.44. The third-order valence-corrected chi connectivity index (χ3v) is 3.85. The number of halogens is 1. The van der Waals surface area contributed by atoms with Gasteiger partial charge in [0.1, 0.15) is 0 Å². The largest absolute Gasteiger partial charge is 0.393 e. The average Bonchev–Trinajstić information content (AvgIpc) is 2.48. The van der Waals surface area contributed by atoms with E-state index in [1.165, 1.54) is 4.88 Å². The number of aliphatic hydroxyl groups is 1. The van der Waals surface area contributed by atoms with Crippen molar-refractivity contribution < 1.29 is 5.11 Å². The highest BCUT2D eigenvalue weighted by Crippen LogP contribution is 2.26. The summed E-state index contributed by atoms with van der Waals surface area (Å²) in [6.07, 6.45) is 1.87. The van der Waals surface area contributed by atoms with E-state index in [2.05, 4.69) is 5.32 Å². The molecule has 0 aliphatic heterocycles. The maximum atomic E-state index is 9.09. The molecule has 1 aromatic rings. The highest BCUT2D eigenvalue weighted by Gasteiger charge is 2.26. The standard InChI is InChI=1S/C10H14ClNOS/c11-8-3-10(14-6-8)5-12-4-7-1-9(13)2-7/h3,6-7,9,12-13H,1-2,4-5H2. The second-order valence-electron chi connectivity index (χ2n) is 3.85. The van der Waals surface area contributed by atoms with Gasteiger partial charge in [-0.15, -0.1) is 11.3 Å². The van der Waals surface area contributed by atoms with E-state index in [0.29, 0.717) is 5.92 Å². The summed E-state index contributed by atoms with van der Waals surface area (Å²) in [5.74, 6) is 0.667. The van der Waals surface area contributed by atoms with Gasteiger partial charge in [0.05, 0.1) is 11.1 Å². The molecule has 1 heterocycles. The highest BCUT2D eigenvalue weighted by molar-refractivity contribution is 7.10. The maximum absolute atomic E-state index is 9.09. The average molecular weight is 232 g/mol. The Hall–Kier alpha value is -0.0900. The minimum Gasteiger partial charge on any atom is -0.393 e. The van der Waals surface area contributed by atoms with Crippen molar-refractivity contribution in [2.75, 3.05) is 6.54 Å². The van der Waals surface area contributed by atoms with E-state index >= 15 is 0 Å². The Labute approximate surface area is 92.9 Å². The Bertz CT molecular complexity index is 296. The van der Waals surface area contributed by atoms with Gasteiger partial charge in [0.15, 0.2) is 0 Å². The van der Waals surface area contributed by atoms with Crippen LogP contribution in [0, 0.1) is 5.92 Å². The molecule has 14 heavy (non-hydrogen) atoms. The fraction of sp³-hybridized carbons (Fsp3) is 0.600. The smallest absolute Gasteiger partial charge is 0.0546 e. The fourth-order valence-electron chi connectivity index (χ4n) is 1.71. The zero-order chi connectivity index (χ0) is 9.97. The second kappa shape index (κ2) is 4.62. The summed E-state index contributed by atoms with van der Waals surface area (Å²) < 4.78 is 0. The number of rotatable bonds is 4. The zero-order valence-corrected chi connectivity index (χ0v) is 9.44. The second-order valence-corrected chi connectivity index (χ2v) is 5.29. The quantitative estimate of drug-likeness (QED) is 0.833. The van der Waals surface area contributed by atoms with Gasteiger partial charge in [0.2, 0.25) is 0 Å². The van der Waals surface area contributed by atoms with Crippen molar-refractivity contribution in [3.63, 3.8) is 0 Å². The fourth-order valence-corrected chi connectivity index (χ4v) is 2.76. The van der Waals surface area contributed by atoms with Crippen molar-refractivity contribution >= 4 is 22.9 Å². The summed E-state index contributed by atoms with van der Waals surface area (Å²) in [5.41, 5.74) is 0. The van der Waals surface area contributed by atoms with E-state index in [1.54, 1.807) is 11.3 Å². The van der Waals surface area contributed by atoms with Crippen molar-refractivity contribution in [3.05, 3.63) is 21.3 Å². The van der Waals surface area contributed by atoms with Gasteiger partial charge in [-0.25, -0.2) is 0 Å². The maximum Gasteiger partial charge on any atom is 0.0546 e. The number of aliphatic hydroxyl groups excluding tert-OH is 1. The normalized spacial score (nSPS) is 26.1. The predicted octanol–water partition coefficient (Wildman–Crippen LogP) is 2.26. The lowest BCUT2D eigenvalue weighted by Gasteiger charge is -2.31. The molecule has 78 valence electrons. The Balaban J connectivity index is 1.63. The van der Waals surface area contributed by atoms with Crippen molar-refractivity contribution in [1.82, 2.24) is 5.32 Å². The summed E-state index contributed by atoms with van der Waals surface area (Å²) in [4.78, 5) is 1.27. The van der Waals surface area contributed by atoms with Crippen LogP contribution >= 0.6 is 22.9 Å². The van der Waals surface area contributed by atoms with E-state index in [0.717, 1.165) is 31.0 Å². The summed E-state index contributed by atoms with van der Waals surface area (Å²) >= 11 is 7.49. The zero-order valence-electron chi connectivity index (χ0n) is 7.87. The first-order valence-corrected chi connectivity index (χ1v) is 6.11. The molecule has 1 saturated carbocycles. The first-order chi connectivity index (χ1) is 6.74. The topological polar surface area (TPSA) is 32.3 Å². The SMILES string of the molecule is OC1CC(CNCc2cc(Cl)cs2)C1. The first-order valence-electron chi connectivity index (χ1n) is 4.85. The van der Waals surface area contributed by atoms with Gasteiger partial charge in [-0.05, 0) is 31.4 Å². The molecular formula is C10H14ClNOS. The van der Waals surface area contributed by atoms with Gasteiger partial charge in [-0.1, -0.05) is 11.6 Å². The number of nitrogens with one attached hydrogen (secondary N) is 1. The molecule has 0 atom stereocenters. The summed E-state index contributed by atoms with van der Waals surface area (Å²) in [6, 6.07) is 1.99. The van der Waals surface area contributed by atoms with Crippen LogP contribution in [0.25, 0.3) is 0 Å². The van der Waals surface area contributed by atoms with Crippen LogP contribution < -0.4 is 5.32 Å². The molecule has 1 fully saturated rings. The number of hydrogen-bond acceptors (Lipinski definition) is 3. The molecule has 0 unspecified atom stereocenters. The van der Waals surface area contributed by atoms with Gasteiger partial charge in [-0.3, -0.25) is 0 Å². The Morgan fingerprint density at radius 2 is 2.36 bits per heavy atom. The van der Waals surface area contributed by atoms with Crippen LogP contribution in [0.2, 0.25) is 5.02 Å². The predicted molar refractivity (Wildman–Crippen MR) is 59.8 cm³/mol. The highest BCUT2D eigenvalue weighted by atomic mass is 35.5. The van der Waals surface area contributed by atoms with Crippen LogP contribution in [-0.2, 0) is 6.54 Å².